The van der Waals surface area contributed by atoms with E-state index in [4.69, 9.17) is 20.8 Å². The standard InChI is InChI=1S/C16H18ClN3O3/c1-10-15(22-11(2)19-10)16(21)20-5-3-13(4-6-20)23-14-7-12(17)8-18-9-14/h7-9,13H,3-6H2,1-2H3. The lowest BCUT2D eigenvalue weighted by molar-refractivity contribution is 0.0564. The predicted octanol–water partition coefficient (Wildman–Crippen LogP) is 3.02. The zero-order valence-electron chi connectivity index (χ0n) is 13.1. The first kappa shape index (κ1) is 15.8. The molecule has 122 valence electrons. The third-order valence-electron chi connectivity index (χ3n) is 3.81. The molecule has 2 aromatic rings. The number of hydrogen-bond donors (Lipinski definition) is 0. The highest BCUT2D eigenvalue weighted by atomic mass is 35.5. The maximum Gasteiger partial charge on any atom is 0.291 e. The largest absolute Gasteiger partial charge is 0.489 e. The van der Waals surface area contributed by atoms with Crippen molar-refractivity contribution in [2.75, 3.05) is 13.1 Å². The zero-order valence-corrected chi connectivity index (χ0v) is 13.8. The van der Waals surface area contributed by atoms with Gasteiger partial charge in [0.1, 0.15) is 11.9 Å². The van der Waals surface area contributed by atoms with Crippen LogP contribution in [0.25, 0.3) is 0 Å². The van der Waals surface area contributed by atoms with E-state index in [0.717, 1.165) is 12.8 Å². The molecule has 3 heterocycles. The van der Waals surface area contributed by atoms with Crippen LogP contribution in [0, 0.1) is 13.8 Å². The van der Waals surface area contributed by atoms with Crippen LogP contribution in [0.3, 0.4) is 0 Å². The molecular formula is C16H18ClN3O3. The van der Waals surface area contributed by atoms with E-state index in [1.165, 1.54) is 0 Å². The SMILES string of the molecule is Cc1nc(C)c(C(=O)N2CCC(Oc3cncc(Cl)c3)CC2)o1. The predicted molar refractivity (Wildman–Crippen MR) is 84.8 cm³/mol. The number of halogens is 1. The molecular weight excluding hydrogens is 318 g/mol. The number of pyridine rings is 1. The zero-order chi connectivity index (χ0) is 16.4. The van der Waals surface area contributed by atoms with Gasteiger partial charge >= 0.3 is 0 Å². The highest BCUT2D eigenvalue weighted by Crippen LogP contribution is 2.22. The van der Waals surface area contributed by atoms with E-state index in [2.05, 4.69) is 9.97 Å². The second-order valence-corrected chi connectivity index (χ2v) is 6.03. The summed E-state index contributed by atoms with van der Waals surface area (Å²) in [7, 11) is 0. The van der Waals surface area contributed by atoms with Crippen LogP contribution in [0.15, 0.2) is 22.9 Å². The van der Waals surface area contributed by atoms with Crippen LogP contribution < -0.4 is 4.74 Å². The van der Waals surface area contributed by atoms with E-state index in [0.29, 0.717) is 41.2 Å². The van der Waals surface area contributed by atoms with Crippen molar-refractivity contribution in [3.8, 4) is 5.75 Å². The molecule has 1 aliphatic rings. The first-order valence-corrected chi connectivity index (χ1v) is 7.91. The number of carbonyl (C=O) groups excluding carboxylic acids is 1. The molecule has 1 amide bonds. The minimum absolute atomic E-state index is 0.0527. The van der Waals surface area contributed by atoms with Gasteiger partial charge in [-0.2, -0.15) is 0 Å². The Kier molecular flexibility index (Phi) is 4.52. The summed E-state index contributed by atoms with van der Waals surface area (Å²) in [6.45, 7) is 4.77. The number of carbonyl (C=O) groups is 1. The number of aryl methyl sites for hydroxylation is 2. The number of nitrogens with zero attached hydrogens (tertiary/aromatic N) is 3. The van der Waals surface area contributed by atoms with Crippen LogP contribution in [-0.2, 0) is 0 Å². The van der Waals surface area contributed by atoms with Crippen molar-refractivity contribution >= 4 is 17.5 Å². The molecule has 1 aliphatic heterocycles. The Balaban J connectivity index is 1.58. The van der Waals surface area contributed by atoms with Gasteiger partial charge < -0.3 is 14.1 Å². The highest BCUT2D eigenvalue weighted by molar-refractivity contribution is 6.30. The maximum atomic E-state index is 12.5. The Morgan fingerprint density at radius 3 is 2.70 bits per heavy atom. The molecule has 0 aliphatic carbocycles. The van der Waals surface area contributed by atoms with Gasteiger partial charge in [0.2, 0.25) is 5.76 Å². The number of rotatable bonds is 3. The number of hydrogen-bond acceptors (Lipinski definition) is 5. The number of likely N-dealkylation sites (tertiary alicyclic amines) is 1. The molecule has 0 atom stereocenters. The summed E-state index contributed by atoms with van der Waals surface area (Å²) in [4.78, 5) is 22.4. The number of aromatic nitrogens is 2. The molecule has 1 saturated heterocycles. The van der Waals surface area contributed by atoms with Crippen molar-refractivity contribution < 1.29 is 13.9 Å². The molecule has 0 saturated carbocycles. The van der Waals surface area contributed by atoms with Gasteiger partial charge in [-0.25, -0.2) is 4.98 Å². The van der Waals surface area contributed by atoms with Crippen LogP contribution in [0.5, 0.6) is 5.75 Å². The van der Waals surface area contributed by atoms with E-state index in [9.17, 15) is 4.79 Å². The second kappa shape index (κ2) is 6.58. The average Bonchev–Trinajstić information content (AvgIpc) is 2.86. The molecule has 7 heteroatoms. The monoisotopic (exact) mass is 335 g/mol. The normalized spacial score (nSPS) is 15.7. The Morgan fingerprint density at radius 2 is 2.09 bits per heavy atom. The lowest BCUT2D eigenvalue weighted by atomic mass is 10.1. The van der Waals surface area contributed by atoms with Crippen molar-refractivity contribution in [3.63, 3.8) is 0 Å². The molecule has 0 radical (unpaired) electrons. The van der Waals surface area contributed by atoms with Gasteiger partial charge in [0.25, 0.3) is 5.91 Å². The summed E-state index contributed by atoms with van der Waals surface area (Å²) < 4.78 is 11.3. The molecule has 0 N–H and O–H groups in total. The number of oxazole rings is 1. The molecule has 6 nitrogen and oxygen atoms in total. The van der Waals surface area contributed by atoms with Gasteiger partial charge in [0, 0.05) is 45.1 Å². The molecule has 0 aromatic carbocycles. The fourth-order valence-corrected chi connectivity index (χ4v) is 2.86. The number of piperidine rings is 1. The van der Waals surface area contributed by atoms with Crippen molar-refractivity contribution in [2.45, 2.75) is 32.8 Å². The third kappa shape index (κ3) is 3.64. The number of ether oxygens (including phenoxy) is 1. The van der Waals surface area contributed by atoms with Gasteiger partial charge in [-0.15, -0.1) is 0 Å². The van der Waals surface area contributed by atoms with Crippen LogP contribution in [0.2, 0.25) is 5.02 Å². The van der Waals surface area contributed by atoms with Crippen LogP contribution >= 0.6 is 11.6 Å². The van der Waals surface area contributed by atoms with Gasteiger partial charge in [-0.05, 0) is 6.92 Å². The Bertz CT molecular complexity index is 708. The highest BCUT2D eigenvalue weighted by Gasteiger charge is 2.28. The summed E-state index contributed by atoms with van der Waals surface area (Å²) in [5, 5.41) is 0.547. The topological polar surface area (TPSA) is 68.5 Å². The molecule has 3 rings (SSSR count). The second-order valence-electron chi connectivity index (χ2n) is 5.60. The smallest absolute Gasteiger partial charge is 0.291 e. The van der Waals surface area contributed by atoms with Crippen LogP contribution in [0.1, 0.15) is 35.0 Å². The number of amides is 1. The molecule has 0 spiro atoms. The molecule has 1 fully saturated rings. The minimum atomic E-state index is -0.106. The summed E-state index contributed by atoms with van der Waals surface area (Å²) in [6, 6.07) is 1.74. The van der Waals surface area contributed by atoms with E-state index in [1.54, 1.807) is 37.2 Å². The maximum absolute atomic E-state index is 12.5. The van der Waals surface area contributed by atoms with Crippen LogP contribution in [0.4, 0.5) is 0 Å². The molecule has 2 aromatic heterocycles. The van der Waals surface area contributed by atoms with Gasteiger partial charge in [0.15, 0.2) is 5.89 Å². The summed E-state index contributed by atoms with van der Waals surface area (Å²) in [5.74, 6) is 1.40. The van der Waals surface area contributed by atoms with E-state index in [1.807, 2.05) is 0 Å². The minimum Gasteiger partial charge on any atom is -0.489 e. The molecule has 23 heavy (non-hydrogen) atoms. The quantitative estimate of drug-likeness (QED) is 0.862. The molecule has 0 bridgehead atoms. The first-order chi connectivity index (χ1) is 11.0. The van der Waals surface area contributed by atoms with Crippen molar-refractivity contribution in [2.24, 2.45) is 0 Å². The lowest BCUT2D eigenvalue weighted by Crippen LogP contribution is -2.41. The lowest BCUT2D eigenvalue weighted by Gasteiger charge is -2.31. The van der Waals surface area contributed by atoms with Gasteiger partial charge in [-0.1, -0.05) is 11.6 Å². The van der Waals surface area contributed by atoms with Gasteiger partial charge in [-0.3, -0.25) is 9.78 Å². The average molecular weight is 336 g/mol. The first-order valence-electron chi connectivity index (χ1n) is 7.53. The molecule has 0 unspecified atom stereocenters. The fraction of sp³-hybridized carbons (Fsp3) is 0.438. The summed E-state index contributed by atoms with van der Waals surface area (Å²) >= 11 is 5.90. The van der Waals surface area contributed by atoms with Crippen molar-refractivity contribution in [3.05, 3.63) is 40.8 Å². The van der Waals surface area contributed by atoms with Crippen molar-refractivity contribution in [1.82, 2.24) is 14.9 Å². The van der Waals surface area contributed by atoms with E-state index in [-0.39, 0.29) is 12.0 Å². The van der Waals surface area contributed by atoms with Gasteiger partial charge in [0.05, 0.1) is 16.9 Å². The summed E-state index contributed by atoms with van der Waals surface area (Å²) in [6.07, 6.45) is 4.77. The Hall–Kier alpha value is -2.08. The van der Waals surface area contributed by atoms with E-state index >= 15 is 0 Å². The van der Waals surface area contributed by atoms with Crippen molar-refractivity contribution in [1.29, 1.82) is 0 Å². The third-order valence-corrected chi connectivity index (χ3v) is 4.02. The van der Waals surface area contributed by atoms with E-state index < -0.39 is 0 Å². The Labute approximate surface area is 139 Å². The fourth-order valence-electron chi connectivity index (χ4n) is 2.70. The Morgan fingerprint density at radius 1 is 1.35 bits per heavy atom. The van der Waals surface area contributed by atoms with Crippen LogP contribution in [-0.4, -0.2) is 40.0 Å². The summed E-state index contributed by atoms with van der Waals surface area (Å²) in [5.41, 5.74) is 0.635.